The highest BCUT2D eigenvalue weighted by Gasteiger charge is 2.38. The molecule has 2 nitrogen and oxygen atoms in total. The van der Waals surface area contributed by atoms with Crippen LogP contribution in [-0.2, 0) is 9.83 Å². The minimum Gasteiger partial charge on any atom is -0.382 e. The number of aliphatic hydroxyl groups excluding tert-OH is 1. The summed E-state index contributed by atoms with van der Waals surface area (Å²) in [4.78, 5) is 0. The zero-order chi connectivity index (χ0) is 10.7. The summed E-state index contributed by atoms with van der Waals surface area (Å²) in [7, 11) is 0.479. The highest BCUT2D eigenvalue weighted by molar-refractivity contribution is 8.72. The largest absolute Gasteiger partial charge is 0.382 e. The fourth-order valence-corrected chi connectivity index (χ4v) is 6.64. The molecule has 1 N–H and O–H groups in total. The molecule has 1 aliphatic rings. The Labute approximate surface area is 95.8 Å². The van der Waals surface area contributed by atoms with Gasteiger partial charge in [-0.15, -0.1) is 11.8 Å². The summed E-state index contributed by atoms with van der Waals surface area (Å²) in [6.07, 6.45) is 1.80. The van der Waals surface area contributed by atoms with Crippen molar-refractivity contribution < 1.29 is 9.32 Å². The van der Waals surface area contributed by atoms with E-state index in [1.165, 1.54) is 22.6 Å². The van der Waals surface area contributed by atoms with Gasteiger partial charge >= 0.3 is 0 Å². The fraction of sp³-hybridized carbons (Fsp3) is 0.778. The average molecular weight is 252 g/mol. The third kappa shape index (κ3) is 3.02. The van der Waals surface area contributed by atoms with Gasteiger partial charge in [0.25, 0.3) is 0 Å². The van der Waals surface area contributed by atoms with Crippen LogP contribution in [0.5, 0.6) is 0 Å². The van der Waals surface area contributed by atoms with Crippen molar-refractivity contribution in [2.75, 3.05) is 0 Å². The third-order valence-electron chi connectivity index (χ3n) is 2.42. The molecule has 0 aromatic rings. The van der Waals surface area contributed by atoms with E-state index in [4.69, 9.17) is 0 Å². The quantitative estimate of drug-likeness (QED) is 0.783. The zero-order valence-corrected chi connectivity index (χ0v) is 11.0. The first-order chi connectivity index (χ1) is 6.56. The molecular weight excluding hydrogens is 236 g/mol. The highest BCUT2D eigenvalue weighted by Crippen LogP contribution is 2.47. The maximum Gasteiger partial charge on any atom is 0.106 e. The summed E-state index contributed by atoms with van der Waals surface area (Å²) in [6, 6.07) is 0. The maximum absolute atomic E-state index is 11.5. The lowest BCUT2D eigenvalue weighted by molar-refractivity contribution is 0.185. The molecule has 0 aromatic heterocycles. The molecule has 5 unspecified atom stereocenters. The number of hydrogen-bond donors (Lipinski definition) is 1. The Hall–Kier alpha value is 0.550. The van der Waals surface area contributed by atoms with Gasteiger partial charge in [-0.1, -0.05) is 19.9 Å². The second-order valence-corrected chi connectivity index (χ2v) is 8.06. The third-order valence-corrected chi connectivity index (χ3v) is 7.64. The van der Waals surface area contributed by atoms with E-state index >= 15 is 0 Å². The van der Waals surface area contributed by atoms with Gasteiger partial charge in [0.1, 0.15) is 15.3 Å². The topological polar surface area (TPSA) is 37.3 Å². The molecule has 0 spiro atoms. The Kier molecular flexibility index (Phi) is 5.03. The number of aliphatic hydroxyl groups is 1. The van der Waals surface area contributed by atoms with Crippen LogP contribution in [0.15, 0.2) is 11.5 Å². The first-order valence-electron chi connectivity index (χ1n) is 4.60. The van der Waals surface area contributed by atoms with Crippen LogP contribution in [0.25, 0.3) is 0 Å². The Bertz CT molecular complexity index is 242. The summed E-state index contributed by atoms with van der Waals surface area (Å²) < 4.78 is 11.7. The Balaban J connectivity index is 2.51. The number of rotatable bonds is 3. The Morgan fingerprint density at radius 2 is 2.07 bits per heavy atom. The minimum atomic E-state index is -0.956. The standard InChI is InChI=1S/C9H16O2S3/c1-4-5-14(11)13-9-7(3)6(2)8(10)12-9/h4-10H,1-3H3/b5-4+. The second-order valence-electron chi connectivity index (χ2n) is 3.44. The summed E-state index contributed by atoms with van der Waals surface area (Å²) in [5.41, 5.74) is -0.301. The molecule has 1 saturated heterocycles. The molecule has 0 bridgehead atoms. The molecule has 0 saturated carbocycles. The van der Waals surface area contributed by atoms with E-state index < -0.39 is 9.83 Å². The van der Waals surface area contributed by atoms with E-state index in [0.717, 1.165) is 0 Å². The van der Waals surface area contributed by atoms with Crippen molar-refractivity contribution >= 4 is 32.4 Å². The zero-order valence-electron chi connectivity index (χ0n) is 8.54. The van der Waals surface area contributed by atoms with Crippen molar-refractivity contribution in [1.82, 2.24) is 0 Å². The molecule has 5 atom stereocenters. The molecular formula is C9H16O2S3. The van der Waals surface area contributed by atoms with Gasteiger partial charge in [0, 0.05) is 5.41 Å². The minimum absolute atomic E-state index is 0.247. The van der Waals surface area contributed by atoms with Crippen molar-refractivity contribution in [1.29, 1.82) is 0 Å². The number of hydrogen-bond acceptors (Lipinski definition) is 4. The normalized spacial score (nSPS) is 40.6. The fourth-order valence-electron chi connectivity index (χ4n) is 1.24. The van der Waals surface area contributed by atoms with Gasteiger partial charge in [0.05, 0.1) is 4.58 Å². The van der Waals surface area contributed by atoms with Gasteiger partial charge in [0.15, 0.2) is 0 Å². The first kappa shape index (κ1) is 12.6. The predicted octanol–water partition coefficient (Wildman–Crippen LogP) is 2.58. The lowest BCUT2D eigenvalue weighted by atomic mass is 9.99. The van der Waals surface area contributed by atoms with Gasteiger partial charge in [-0.25, -0.2) is 4.21 Å². The molecule has 0 aliphatic carbocycles. The van der Waals surface area contributed by atoms with E-state index in [0.29, 0.717) is 11.8 Å². The van der Waals surface area contributed by atoms with Crippen molar-refractivity contribution in [3.05, 3.63) is 11.5 Å². The molecule has 1 fully saturated rings. The van der Waals surface area contributed by atoms with Gasteiger partial charge in [0.2, 0.25) is 0 Å². The van der Waals surface area contributed by atoms with Crippen molar-refractivity contribution in [3.63, 3.8) is 0 Å². The van der Waals surface area contributed by atoms with Crippen LogP contribution < -0.4 is 0 Å². The van der Waals surface area contributed by atoms with E-state index in [1.54, 1.807) is 11.5 Å². The van der Waals surface area contributed by atoms with Gasteiger partial charge in [-0.3, -0.25) is 0 Å². The lowest BCUT2D eigenvalue weighted by Gasteiger charge is -2.14. The van der Waals surface area contributed by atoms with Crippen LogP contribution in [0.4, 0.5) is 0 Å². The maximum atomic E-state index is 11.5. The lowest BCUT2D eigenvalue weighted by Crippen LogP contribution is -2.14. The van der Waals surface area contributed by atoms with E-state index in [-0.39, 0.29) is 10.0 Å². The first-order valence-corrected chi connectivity index (χ1v) is 8.15. The SMILES string of the molecule is C/C=C/S(=O)SC1SC(O)C(C)C1C. The van der Waals surface area contributed by atoms with E-state index in [1.807, 2.05) is 13.8 Å². The smallest absolute Gasteiger partial charge is 0.106 e. The predicted molar refractivity (Wildman–Crippen MR) is 66.3 cm³/mol. The molecule has 0 amide bonds. The molecule has 5 heteroatoms. The van der Waals surface area contributed by atoms with Gasteiger partial charge in [-0.05, 0) is 29.6 Å². The molecule has 0 radical (unpaired) electrons. The van der Waals surface area contributed by atoms with Crippen molar-refractivity contribution in [2.45, 2.75) is 30.8 Å². The van der Waals surface area contributed by atoms with Crippen LogP contribution in [0, 0.1) is 11.8 Å². The van der Waals surface area contributed by atoms with Crippen LogP contribution in [0.1, 0.15) is 20.8 Å². The Morgan fingerprint density at radius 1 is 1.43 bits per heavy atom. The molecule has 82 valence electrons. The molecule has 1 heterocycles. The molecule has 14 heavy (non-hydrogen) atoms. The highest BCUT2D eigenvalue weighted by atomic mass is 33.1. The average Bonchev–Trinajstić information content (AvgIpc) is 2.34. The van der Waals surface area contributed by atoms with E-state index in [9.17, 15) is 9.32 Å². The van der Waals surface area contributed by atoms with Crippen molar-refractivity contribution in [2.24, 2.45) is 11.8 Å². The second kappa shape index (κ2) is 5.58. The summed E-state index contributed by atoms with van der Waals surface area (Å²) in [5.74, 6) is 0.703. The van der Waals surface area contributed by atoms with Crippen LogP contribution >= 0.6 is 22.6 Å². The van der Waals surface area contributed by atoms with E-state index in [2.05, 4.69) is 6.92 Å². The summed E-state index contributed by atoms with van der Waals surface area (Å²) in [6.45, 7) is 6.01. The number of thioether (sulfide) groups is 1. The Morgan fingerprint density at radius 3 is 2.50 bits per heavy atom. The monoisotopic (exact) mass is 252 g/mol. The van der Waals surface area contributed by atoms with Gasteiger partial charge in [-0.2, -0.15) is 0 Å². The van der Waals surface area contributed by atoms with Crippen LogP contribution in [-0.4, -0.2) is 19.3 Å². The van der Waals surface area contributed by atoms with Crippen molar-refractivity contribution in [3.8, 4) is 0 Å². The molecule has 1 rings (SSSR count). The van der Waals surface area contributed by atoms with Crippen LogP contribution in [0.3, 0.4) is 0 Å². The molecule has 0 aromatic carbocycles. The summed E-state index contributed by atoms with van der Waals surface area (Å²) in [5, 5.41) is 11.3. The van der Waals surface area contributed by atoms with Gasteiger partial charge < -0.3 is 5.11 Å². The number of allylic oxidation sites excluding steroid dienone is 1. The molecule has 1 aliphatic heterocycles. The summed E-state index contributed by atoms with van der Waals surface area (Å²) >= 11 is 1.53. The van der Waals surface area contributed by atoms with Crippen LogP contribution in [0.2, 0.25) is 0 Å².